The summed E-state index contributed by atoms with van der Waals surface area (Å²) in [4.78, 5) is 0. The molecule has 8 aromatic rings. The molecule has 1 aromatic heterocycles. The molecule has 0 saturated heterocycles. The Morgan fingerprint density at radius 3 is 1.66 bits per heavy atom. The average Bonchev–Trinajstić information content (AvgIpc) is 3.59. The van der Waals surface area contributed by atoms with Gasteiger partial charge >= 0.3 is 0 Å². The zero-order valence-electron chi connectivity index (χ0n) is 24.2. The molecule has 0 radical (unpaired) electrons. The third-order valence-electron chi connectivity index (χ3n) is 9.48. The lowest BCUT2D eigenvalue weighted by atomic mass is 9.67. The van der Waals surface area contributed by atoms with Gasteiger partial charge in [-0.1, -0.05) is 146 Å². The number of hydrogen-bond acceptors (Lipinski definition) is 0. The number of benzene rings is 7. The van der Waals surface area contributed by atoms with E-state index in [0.29, 0.717) is 0 Å². The van der Waals surface area contributed by atoms with Gasteiger partial charge in [0.1, 0.15) is 0 Å². The molecular weight excluding hydrogens is 530 g/mol. The Labute approximate surface area is 257 Å². The van der Waals surface area contributed by atoms with Crippen LogP contribution in [0.4, 0.5) is 0 Å². The summed E-state index contributed by atoms with van der Waals surface area (Å²) < 4.78 is 2.40. The average molecular weight is 560 g/mol. The third kappa shape index (κ3) is 3.47. The first-order valence-electron chi connectivity index (χ1n) is 15.3. The number of rotatable bonds is 4. The van der Waals surface area contributed by atoms with E-state index in [0.717, 1.165) is 0 Å². The Bertz CT molecular complexity index is 2270. The van der Waals surface area contributed by atoms with E-state index in [2.05, 4.69) is 180 Å². The maximum absolute atomic E-state index is 2.45. The minimum Gasteiger partial charge on any atom is -0.309 e. The Morgan fingerprint density at radius 1 is 0.364 bits per heavy atom. The first-order valence-corrected chi connectivity index (χ1v) is 15.3. The van der Waals surface area contributed by atoms with Crippen molar-refractivity contribution in [2.24, 2.45) is 0 Å². The second-order valence-corrected chi connectivity index (χ2v) is 11.7. The summed E-state index contributed by atoms with van der Waals surface area (Å²) in [6.07, 6.45) is 0. The van der Waals surface area contributed by atoms with E-state index in [4.69, 9.17) is 0 Å². The number of fused-ring (bicyclic) bond motifs is 6. The molecule has 0 saturated carbocycles. The van der Waals surface area contributed by atoms with Gasteiger partial charge in [-0.3, -0.25) is 0 Å². The Morgan fingerprint density at radius 2 is 0.909 bits per heavy atom. The van der Waals surface area contributed by atoms with E-state index in [1.807, 2.05) is 0 Å². The number of hydrogen-bond donors (Lipinski definition) is 0. The van der Waals surface area contributed by atoms with Gasteiger partial charge in [-0.2, -0.15) is 0 Å². The highest BCUT2D eigenvalue weighted by atomic mass is 15.0. The molecule has 0 unspecified atom stereocenters. The SMILES string of the molecule is c1ccc(-n2c3ccccc3c3ccc(-c4ccc5c(c4)C(c4ccccc4)(c4ccccc4)c4ccccc4-5)cc32)cc1. The molecule has 1 heteroatoms. The zero-order valence-corrected chi connectivity index (χ0v) is 24.2. The molecule has 1 nitrogen and oxygen atoms in total. The highest BCUT2D eigenvalue weighted by Crippen LogP contribution is 2.56. The Kier molecular flexibility index (Phi) is 5.48. The van der Waals surface area contributed by atoms with E-state index in [1.54, 1.807) is 0 Å². The first kappa shape index (κ1) is 24.9. The Hall–Kier alpha value is -5.66. The largest absolute Gasteiger partial charge is 0.309 e. The summed E-state index contributed by atoms with van der Waals surface area (Å²) in [6, 6.07) is 64.5. The van der Waals surface area contributed by atoms with E-state index < -0.39 is 5.41 Å². The fourth-order valence-corrected chi connectivity index (χ4v) is 7.63. The van der Waals surface area contributed by atoms with Crippen molar-refractivity contribution in [3.05, 3.63) is 198 Å². The van der Waals surface area contributed by atoms with Crippen molar-refractivity contribution in [3.63, 3.8) is 0 Å². The minimum atomic E-state index is -0.409. The van der Waals surface area contributed by atoms with Gasteiger partial charge in [0.25, 0.3) is 0 Å². The zero-order chi connectivity index (χ0) is 29.1. The van der Waals surface area contributed by atoms with Gasteiger partial charge < -0.3 is 4.57 Å². The molecule has 7 aromatic carbocycles. The fraction of sp³-hybridized carbons (Fsp3) is 0.0233. The molecule has 0 amide bonds. The van der Waals surface area contributed by atoms with Crippen LogP contribution in [0.3, 0.4) is 0 Å². The maximum atomic E-state index is 2.45. The standard InChI is InChI=1S/C43H29N/c1-4-14-32(15-5-1)43(33-16-6-2-7-17-33)39-22-12-10-20-35(39)36-26-24-30(28-40(36)43)31-25-27-38-37-21-11-13-23-41(37)44(42(38)29-31)34-18-8-3-9-19-34/h1-29H. The van der Waals surface area contributed by atoms with Crippen molar-refractivity contribution in [3.8, 4) is 27.9 Å². The van der Waals surface area contributed by atoms with Gasteiger partial charge in [-0.25, -0.2) is 0 Å². The molecule has 1 aliphatic rings. The minimum absolute atomic E-state index is 0.409. The van der Waals surface area contributed by atoms with E-state index in [-0.39, 0.29) is 0 Å². The van der Waals surface area contributed by atoms with Crippen LogP contribution in [0.2, 0.25) is 0 Å². The molecule has 0 spiro atoms. The van der Waals surface area contributed by atoms with E-state index in [1.165, 1.54) is 72.0 Å². The molecule has 206 valence electrons. The summed E-state index contributed by atoms with van der Waals surface area (Å²) in [6.45, 7) is 0. The number of nitrogens with zero attached hydrogens (tertiary/aromatic N) is 1. The van der Waals surface area contributed by atoms with Crippen molar-refractivity contribution >= 4 is 21.8 Å². The van der Waals surface area contributed by atoms with Crippen LogP contribution in [0.25, 0.3) is 49.7 Å². The first-order chi connectivity index (χ1) is 21.8. The van der Waals surface area contributed by atoms with Crippen molar-refractivity contribution in [2.45, 2.75) is 5.41 Å². The lowest BCUT2D eigenvalue weighted by molar-refractivity contribution is 0.769. The lowest BCUT2D eigenvalue weighted by Crippen LogP contribution is -2.28. The van der Waals surface area contributed by atoms with Crippen molar-refractivity contribution in [1.29, 1.82) is 0 Å². The molecule has 0 bridgehead atoms. The number of para-hydroxylation sites is 2. The molecule has 9 rings (SSSR count). The predicted octanol–water partition coefficient (Wildman–Crippen LogP) is 10.8. The second kappa shape index (κ2) is 9.69. The third-order valence-corrected chi connectivity index (χ3v) is 9.48. The predicted molar refractivity (Wildman–Crippen MR) is 184 cm³/mol. The molecule has 0 fully saturated rings. The van der Waals surface area contributed by atoms with Crippen molar-refractivity contribution in [1.82, 2.24) is 4.57 Å². The summed E-state index contributed by atoms with van der Waals surface area (Å²) in [7, 11) is 0. The van der Waals surface area contributed by atoms with Crippen molar-refractivity contribution in [2.75, 3.05) is 0 Å². The van der Waals surface area contributed by atoms with E-state index in [9.17, 15) is 0 Å². The van der Waals surface area contributed by atoms with Gasteiger partial charge in [0.05, 0.1) is 16.4 Å². The normalized spacial score (nSPS) is 13.2. The molecule has 0 N–H and O–H groups in total. The van der Waals surface area contributed by atoms with Crippen LogP contribution in [-0.4, -0.2) is 4.57 Å². The highest BCUT2D eigenvalue weighted by molar-refractivity contribution is 6.10. The van der Waals surface area contributed by atoms with Crippen LogP contribution in [0.15, 0.2) is 176 Å². The quantitative estimate of drug-likeness (QED) is 0.202. The van der Waals surface area contributed by atoms with Crippen LogP contribution in [0.1, 0.15) is 22.3 Å². The summed E-state index contributed by atoms with van der Waals surface area (Å²) >= 11 is 0. The fourth-order valence-electron chi connectivity index (χ4n) is 7.63. The maximum Gasteiger partial charge on any atom is 0.0713 e. The van der Waals surface area contributed by atoms with E-state index >= 15 is 0 Å². The topological polar surface area (TPSA) is 4.93 Å². The molecule has 1 heterocycles. The molecule has 44 heavy (non-hydrogen) atoms. The lowest BCUT2D eigenvalue weighted by Gasteiger charge is -2.34. The monoisotopic (exact) mass is 559 g/mol. The molecule has 0 atom stereocenters. The van der Waals surface area contributed by atoms with Gasteiger partial charge in [0.15, 0.2) is 0 Å². The smallest absolute Gasteiger partial charge is 0.0713 e. The highest BCUT2D eigenvalue weighted by Gasteiger charge is 2.46. The van der Waals surface area contributed by atoms with Gasteiger partial charge in [-0.15, -0.1) is 0 Å². The van der Waals surface area contributed by atoms with Gasteiger partial charge in [0.2, 0.25) is 0 Å². The van der Waals surface area contributed by atoms with Crippen LogP contribution >= 0.6 is 0 Å². The summed E-state index contributed by atoms with van der Waals surface area (Å²) in [5.74, 6) is 0. The van der Waals surface area contributed by atoms with Crippen LogP contribution in [0, 0.1) is 0 Å². The van der Waals surface area contributed by atoms with Crippen molar-refractivity contribution < 1.29 is 0 Å². The van der Waals surface area contributed by atoms with Gasteiger partial charge in [-0.05, 0) is 74.8 Å². The molecular formula is C43H29N. The van der Waals surface area contributed by atoms with Crippen LogP contribution in [0.5, 0.6) is 0 Å². The van der Waals surface area contributed by atoms with Crippen LogP contribution in [-0.2, 0) is 5.41 Å². The second-order valence-electron chi connectivity index (χ2n) is 11.7. The molecule has 1 aliphatic carbocycles. The van der Waals surface area contributed by atoms with Crippen LogP contribution < -0.4 is 0 Å². The van der Waals surface area contributed by atoms with Gasteiger partial charge in [0, 0.05) is 16.5 Å². The molecule has 0 aliphatic heterocycles. The summed E-state index contributed by atoms with van der Waals surface area (Å²) in [5, 5.41) is 2.54. The number of aromatic nitrogens is 1. The summed E-state index contributed by atoms with van der Waals surface area (Å²) in [5.41, 5.74) is 13.5. The Balaban J connectivity index is 1.32.